The SMILES string of the molecule is COC(=O)OCc1cc(F)cc(-c2ccccc2CC(C(=O)OC)C(=O)OC)c1. The lowest BCUT2D eigenvalue weighted by atomic mass is 9.91. The number of benzene rings is 2. The summed E-state index contributed by atoms with van der Waals surface area (Å²) in [4.78, 5) is 35.2. The lowest BCUT2D eigenvalue weighted by Crippen LogP contribution is -2.28. The third-order valence-corrected chi connectivity index (χ3v) is 4.20. The van der Waals surface area contributed by atoms with Crippen molar-refractivity contribution in [2.75, 3.05) is 21.3 Å². The molecule has 0 saturated carbocycles. The van der Waals surface area contributed by atoms with Crippen molar-refractivity contribution in [2.24, 2.45) is 5.92 Å². The van der Waals surface area contributed by atoms with Crippen LogP contribution in [0.15, 0.2) is 42.5 Å². The van der Waals surface area contributed by atoms with Crippen molar-refractivity contribution in [3.05, 3.63) is 59.4 Å². The van der Waals surface area contributed by atoms with Crippen LogP contribution < -0.4 is 0 Å². The molecule has 29 heavy (non-hydrogen) atoms. The molecule has 0 aliphatic carbocycles. The van der Waals surface area contributed by atoms with Gasteiger partial charge in [-0.2, -0.15) is 0 Å². The van der Waals surface area contributed by atoms with Crippen LogP contribution in [-0.2, 0) is 41.6 Å². The average Bonchev–Trinajstić information content (AvgIpc) is 2.74. The second-order valence-electron chi connectivity index (χ2n) is 6.05. The minimum absolute atomic E-state index is 0.0139. The highest BCUT2D eigenvalue weighted by atomic mass is 19.1. The Morgan fingerprint density at radius 1 is 0.931 bits per heavy atom. The van der Waals surface area contributed by atoms with Crippen molar-refractivity contribution >= 4 is 18.1 Å². The highest BCUT2D eigenvalue weighted by molar-refractivity contribution is 5.95. The third kappa shape index (κ3) is 5.78. The van der Waals surface area contributed by atoms with Gasteiger partial charge in [-0.15, -0.1) is 0 Å². The predicted molar refractivity (Wildman–Crippen MR) is 100 cm³/mol. The molecule has 0 aromatic heterocycles. The van der Waals surface area contributed by atoms with E-state index in [1.807, 2.05) is 0 Å². The molecule has 0 fully saturated rings. The molecule has 0 atom stereocenters. The predicted octanol–water partition coefficient (Wildman–Crippen LogP) is 3.28. The van der Waals surface area contributed by atoms with Crippen molar-refractivity contribution in [3.8, 4) is 11.1 Å². The lowest BCUT2D eigenvalue weighted by molar-refractivity contribution is -0.158. The summed E-state index contributed by atoms with van der Waals surface area (Å²) in [5, 5.41) is 0. The van der Waals surface area contributed by atoms with Gasteiger partial charge in [0, 0.05) is 0 Å². The van der Waals surface area contributed by atoms with Crippen molar-refractivity contribution in [3.63, 3.8) is 0 Å². The van der Waals surface area contributed by atoms with E-state index in [1.54, 1.807) is 30.3 Å². The zero-order valence-corrected chi connectivity index (χ0v) is 16.3. The van der Waals surface area contributed by atoms with Crippen LogP contribution in [0.5, 0.6) is 0 Å². The van der Waals surface area contributed by atoms with Gasteiger partial charge in [-0.25, -0.2) is 9.18 Å². The molecule has 0 aliphatic heterocycles. The Balaban J connectivity index is 2.39. The van der Waals surface area contributed by atoms with Gasteiger partial charge in [0.05, 0.1) is 21.3 Å². The van der Waals surface area contributed by atoms with Gasteiger partial charge in [-0.3, -0.25) is 9.59 Å². The second kappa shape index (κ2) is 10.2. The van der Waals surface area contributed by atoms with Crippen LogP contribution in [-0.4, -0.2) is 39.4 Å². The Morgan fingerprint density at radius 2 is 1.59 bits per heavy atom. The standard InChI is InChI=1S/C21H21FO7/c1-26-19(23)18(20(24)27-2)11-14-6-4-5-7-17(14)15-8-13(9-16(22)10-15)12-29-21(25)28-3/h4-10,18H,11-12H2,1-3H3. The number of esters is 2. The van der Waals surface area contributed by atoms with E-state index in [-0.39, 0.29) is 13.0 Å². The molecule has 0 spiro atoms. The molecule has 2 aromatic rings. The Bertz CT molecular complexity index is 878. The zero-order valence-electron chi connectivity index (χ0n) is 16.3. The first kappa shape index (κ1) is 21.9. The molecule has 0 N–H and O–H groups in total. The molecule has 2 aromatic carbocycles. The topological polar surface area (TPSA) is 88.1 Å². The summed E-state index contributed by atoms with van der Waals surface area (Å²) in [6.07, 6.45) is -0.866. The fourth-order valence-corrected chi connectivity index (χ4v) is 2.84. The fraction of sp³-hybridized carbons (Fsp3) is 0.286. The number of halogens is 1. The van der Waals surface area contributed by atoms with Gasteiger partial charge in [-0.1, -0.05) is 24.3 Å². The minimum atomic E-state index is -1.15. The molecule has 0 heterocycles. The van der Waals surface area contributed by atoms with Crippen molar-refractivity contribution < 1.29 is 37.7 Å². The normalized spacial score (nSPS) is 10.4. The van der Waals surface area contributed by atoms with Crippen LogP contribution in [0.1, 0.15) is 11.1 Å². The summed E-state index contributed by atoms with van der Waals surface area (Å²) in [5.41, 5.74) is 2.15. The first-order chi connectivity index (χ1) is 13.9. The summed E-state index contributed by atoms with van der Waals surface area (Å²) in [6.45, 7) is -0.174. The molecular formula is C21H21FO7. The van der Waals surface area contributed by atoms with E-state index in [1.165, 1.54) is 33.5 Å². The first-order valence-corrected chi connectivity index (χ1v) is 8.63. The summed E-state index contributed by atoms with van der Waals surface area (Å²) in [6, 6.07) is 11.2. The molecule has 0 radical (unpaired) electrons. The van der Waals surface area contributed by atoms with E-state index in [0.29, 0.717) is 22.3 Å². The van der Waals surface area contributed by atoms with E-state index in [9.17, 15) is 18.8 Å². The maximum atomic E-state index is 14.2. The smallest absolute Gasteiger partial charge is 0.468 e. The summed E-state index contributed by atoms with van der Waals surface area (Å²) < 4.78 is 32.8. The monoisotopic (exact) mass is 404 g/mol. The van der Waals surface area contributed by atoms with Crippen LogP contribution in [0.3, 0.4) is 0 Å². The van der Waals surface area contributed by atoms with E-state index in [4.69, 9.17) is 14.2 Å². The number of carbonyl (C=O) groups is 3. The maximum Gasteiger partial charge on any atom is 0.508 e. The zero-order chi connectivity index (χ0) is 21.4. The molecule has 0 aliphatic rings. The van der Waals surface area contributed by atoms with E-state index >= 15 is 0 Å². The quantitative estimate of drug-likeness (QED) is 0.397. The summed E-state index contributed by atoms with van der Waals surface area (Å²) >= 11 is 0. The number of methoxy groups -OCH3 is 3. The van der Waals surface area contributed by atoms with Crippen LogP contribution >= 0.6 is 0 Å². The Kier molecular flexibility index (Phi) is 7.70. The van der Waals surface area contributed by atoms with Crippen LogP contribution in [0.2, 0.25) is 0 Å². The van der Waals surface area contributed by atoms with Crippen molar-refractivity contribution in [2.45, 2.75) is 13.0 Å². The average molecular weight is 404 g/mol. The van der Waals surface area contributed by atoms with Crippen molar-refractivity contribution in [1.82, 2.24) is 0 Å². The second-order valence-corrected chi connectivity index (χ2v) is 6.05. The Labute approximate surface area is 167 Å². The molecule has 0 bridgehead atoms. The number of hydrogen-bond donors (Lipinski definition) is 0. The molecule has 0 unspecified atom stereocenters. The number of ether oxygens (including phenoxy) is 4. The molecule has 0 amide bonds. The highest BCUT2D eigenvalue weighted by Gasteiger charge is 2.29. The van der Waals surface area contributed by atoms with Crippen LogP contribution in [0, 0.1) is 11.7 Å². The van der Waals surface area contributed by atoms with E-state index in [2.05, 4.69) is 4.74 Å². The van der Waals surface area contributed by atoms with Crippen LogP contribution in [0.25, 0.3) is 11.1 Å². The van der Waals surface area contributed by atoms with Crippen LogP contribution in [0.4, 0.5) is 9.18 Å². The van der Waals surface area contributed by atoms with Gasteiger partial charge >= 0.3 is 18.1 Å². The van der Waals surface area contributed by atoms with E-state index in [0.717, 1.165) is 0 Å². The Hall–Kier alpha value is -3.42. The fourth-order valence-electron chi connectivity index (χ4n) is 2.84. The van der Waals surface area contributed by atoms with Gasteiger partial charge in [-0.05, 0) is 46.9 Å². The third-order valence-electron chi connectivity index (χ3n) is 4.20. The maximum absolute atomic E-state index is 14.2. The van der Waals surface area contributed by atoms with Gasteiger partial charge < -0.3 is 18.9 Å². The lowest BCUT2D eigenvalue weighted by Gasteiger charge is -2.16. The van der Waals surface area contributed by atoms with Gasteiger partial charge in [0.1, 0.15) is 12.4 Å². The first-order valence-electron chi connectivity index (χ1n) is 8.63. The molecule has 154 valence electrons. The summed E-state index contributed by atoms with van der Waals surface area (Å²) in [7, 11) is 3.54. The van der Waals surface area contributed by atoms with E-state index < -0.39 is 29.8 Å². The van der Waals surface area contributed by atoms with Gasteiger partial charge in [0.2, 0.25) is 0 Å². The highest BCUT2D eigenvalue weighted by Crippen LogP contribution is 2.28. The minimum Gasteiger partial charge on any atom is -0.468 e. The number of rotatable bonds is 7. The molecule has 2 rings (SSSR count). The molecule has 0 saturated heterocycles. The number of hydrogen-bond acceptors (Lipinski definition) is 7. The summed E-state index contributed by atoms with van der Waals surface area (Å²) in [5.74, 6) is -3.13. The molecular weight excluding hydrogens is 383 g/mol. The largest absolute Gasteiger partial charge is 0.508 e. The van der Waals surface area contributed by atoms with Gasteiger partial charge in [0.25, 0.3) is 0 Å². The molecule has 7 nitrogen and oxygen atoms in total. The Morgan fingerprint density at radius 3 is 2.21 bits per heavy atom. The van der Waals surface area contributed by atoms with Crippen molar-refractivity contribution in [1.29, 1.82) is 0 Å². The number of carbonyl (C=O) groups excluding carboxylic acids is 3. The molecule has 8 heteroatoms. The van der Waals surface area contributed by atoms with Gasteiger partial charge in [0.15, 0.2) is 5.92 Å².